The fourth-order valence-corrected chi connectivity index (χ4v) is 2.97. The predicted molar refractivity (Wildman–Crippen MR) is 86.9 cm³/mol. The number of benzene rings is 1. The van der Waals surface area contributed by atoms with Crippen molar-refractivity contribution >= 4 is 0 Å². The normalized spacial score (nSPS) is 14.3. The Kier molecular flexibility index (Phi) is 5.53. The van der Waals surface area contributed by atoms with Crippen molar-refractivity contribution in [1.82, 2.24) is 20.0 Å². The maximum absolute atomic E-state index is 4.23. The van der Waals surface area contributed by atoms with E-state index in [2.05, 4.69) is 65.8 Å². The number of aromatic nitrogens is 2. The van der Waals surface area contributed by atoms with E-state index >= 15 is 0 Å². The first kappa shape index (κ1) is 15.7. The van der Waals surface area contributed by atoms with Gasteiger partial charge in [0.05, 0.1) is 6.20 Å². The van der Waals surface area contributed by atoms with Crippen molar-refractivity contribution in [1.29, 1.82) is 0 Å². The number of nitrogens with one attached hydrogen (secondary N) is 1. The predicted octanol–water partition coefficient (Wildman–Crippen LogP) is 2.45. The second-order valence-corrected chi connectivity index (χ2v) is 5.87. The molecule has 0 spiro atoms. The van der Waals surface area contributed by atoms with Gasteiger partial charge in [0.15, 0.2) is 0 Å². The summed E-state index contributed by atoms with van der Waals surface area (Å²) in [5.41, 5.74) is 2.61. The van der Waals surface area contributed by atoms with Crippen molar-refractivity contribution in [3.05, 3.63) is 53.9 Å². The van der Waals surface area contributed by atoms with E-state index in [4.69, 9.17) is 0 Å². The van der Waals surface area contributed by atoms with Gasteiger partial charge in [0.1, 0.15) is 0 Å². The van der Waals surface area contributed by atoms with E-state index in [1.165, 1.54) is 11.1 Å². The smallest absolute Gasteiger partial charge is 0.0534 e. The summed E-state index contributed by atoms with van der Waals surface area (Å²) in [5.74, 6) is 0.527. The molecule has 21 heavy (non-hydrogen) atoms. The van der Waals surface area contributed by atoms with Crippen LogP contribution >= 0.6 is 0 Å². The molecular formula is C17H26N4. The summed E-state index contributed by atoms with van der Waals surface area (Å²) in [4.78, 5) is 2.36. The molecule has 1 aromatic heterocycles. The van der Waals surface area contributed by atoms with E-state index in [1.54, 1.807) is 0 Å². The number of hydrogen-bond donors (Lipinski definition) is 1. The van der Waals surface area contributed by atoms with E-state index in [9.17, 15) is 0 Å². The third-order valence-corrected chi connectivity index (χ3v) is 3.85. The lowest BCUT2D eigenvalue weighted by Gasteiger charge is -2.28. The molecule has 2 aromatic rings. The summed E-state index contributed by atoms with van der Waals surface area (Å²) in [7, 11) is 6.16. The van der Waals surface area contributed by atoms with E-state index in [0.717, 1.165) is 13.1 Å². The van der Waals surface area contributed by atoms with Crippen LogP contribution in [0.2, 0.25) is 0 Å². The molecule has 4 nitrogen and oxygen atoms in total. The molecule has 1 N–H and O–H groups in total. The largest absolute Gasteiger partial charge is 0.313 e. The number of rotatable bonds is 7. The molecule has 0 aliphatic carbocycles. The van der Waals surface area contributed by atoms with Crippen LogP contribution in [0.5, 0.6) is 0 Å². The molecule has 0 radical (unpaired) electrons. The Labute approximate surface area is 127 Å². The molecule has 2 unspecified atom stereocenters. The fraction of sp³-hybridized carbons (Fsp3) is 0.471. The SMILES string of the molecule is CNC(c1ccccc1)C(C)CN(C)Cc1cnn(C)c1. The van der Waals surface area contributed by atoms with E-state index < -0.39 is 0 Å². The van der Waals surface area contributed by atoms with Gasteiger partial charge in [-0.1, -0.05) is 37.3 Å². The minimum Gasteiger partial charge on any atom is -0.313 e. The molecule has 0 aliphatic rings. The highest BCUT2D eigenvalue weighted by molar-refractivity contribution is 5.19. The van der Waals surface area contributed by atoms with Crippen LogP contribution in [0.25, 0.3) is 0 Å². The third-order valence-electron chi connectivity index (χ3n) is 3.85. The summed E-state index contributed by atoms with van der Waals surface area (Å²) in [6.07, 6.45) is 4.02. The average Bonchev–Trinajstić information content (AvgIpc) is 2.85. The molecule has 0 bridgehead atoms. The van der Waals surface area contributed by atoms with Crippen LogP contribution in [0.1, 0.15) is 24.1 Å². The number of aryl methyl sites for hydroxylation is 1. The van der Waals surface area contributed by atoms with Crippen molar-refractivity contribution in [2.75, 3.05) is 20.6 Å². The Morgan fingerprint density at radius 3 is 2.57 bits per heavy atom. The summed E-state index contributed by atoms with van der Waals surface area (Å²) in [5, 5.41) is 7.67. The van der Waals surface area contributed by atoms with Gasteiger partial charge >= 0.3 is 0 Å². The van der Waals surface area contributed by atoms with Crippen LogP contribution in [0.3, 0.4) is 0 Å². The molecule has 0 saturated heterocycles. The summed E-state index contributed by atoms with van der Waals surface area (Å²) in [6.45, 7) is 4.27. The van der Waals surface area contributed by atoms with Crippen LogP contribution in [0.4, 0.5) is 0 Å². The minimum absolute atomic E-state index is 0.377. The van der Waals surface area contributed by atoms with Gasteiger partial charge in [0, 0.05) is 37.9 Å². The van der Waals surface area contributed by atoms with Gasteiger partial charge < -0.3 is 10.2 Å². The molecule has 0 amide bonds. The first-order valence-electron chi connectivity index (χ1n) is 7.48. The van der Waals surface area contributed by atoms with Crippen molar-refractivity contribution < 1.29 is 0 Å². The Morgan fingerprint density at radius 1 is 1.29 bits per heavy atom. The fourth-order valence-electron chi connectivity index (χ4n) is 2.97. The van der Waals surface area contributed by atoms with Crippen LogP contribution in [0.15, 0.2) is 42.7 Å². The van der Waals surface area contributed by atoms with Gasteiger partial charge in [-0.25, -0.2) is 0 Å². The molecule has 1 aromatic carbocycles. The zero-order valence-corrected chi connectivity index (χ0v) is 13.5. The van der Waals surface area contributed by atoms with Gasteiger partial charge in [-0.05, 0) is 25.6 Å². The standard InChI is InChI=1S/C17H26N4/c1-14(17(18-2)16-8-6-5-7-9-16)11-20(3)12-15-10-19-21(4)13-15/h5-10,13-14,17-18H,11-12H2,1-4H3. The highest BCUT2D eigenvalue weighted by atomic mass is 15.2. The molecule has 114 valence electrons. The Morgan fingerprint density at radius 2 is 2.00 bits per heavy atom. The molecule has 2 rings (SSSR count). The van der Waals surface area contributed by atoms with Gasteiger partial charge in [-0.2, -0.15) is 5.10 Å². The van der Waals surface area contributed by atoms with Crippen molar-refractivity contribution in [3.8, 4) is 0 Å². The van der Waals surface area contributed by atoms with Crippen molar-refractivity contribution in [2.24, 2.45) is 13.0 Å². The highest BCUT2D eigenvalue weighted by Gasteiger charge is 2.19. The van der Waals surface area contributed by atoms with Crippen molar-refractivity contribution in [3.63, 3.8) is 0 Å². The average molecular weight is 286 g/mol. The lowest BCUT2D eigenvalue weighted by atomic mass is 9.94. The Hall–Kier alpha value is -1.65. The topological polar surface area (TPSA) is 33.1 Å². The Balaban J connectivity index is 1.94. The zero-order chi connectivity index (χ0) is 15.2. The quantitative estimate of drug-likeness (QED) is 0.849. The molecule has 1 heterocycles. The van der Waals surface area contributed by atoms with Gasteiger partial charge in [0.2, 0.25) is 0 Å². The lowest BCUT2D eigenvalue weighted by Crippen LogP contribution is -2.32. The van der Waals surface area contributed by atoms with Crippen LogP contribution < -0.4 is 5.32 Å². The molecule has 2 atom stereocenters. The minimum atomic E-state index is 0.377. The van der Waals surface area contributed by atoms with Gasteiger partial charge in [-0.3, -0.25) is 4.68 Å². The van der Waals surface area contributed by atoms with Crippen molar-refractivity contribution in [2.45, 2.75) is 19.5 Å². The van der Waals surface area contributed by atoms with E-state index in [-0.39, 0.29) is 0 Å². The number of nitrogens with zero attached hydrogens (tertiary/aromatic N) is 3. The number of hydrogen-bond acceptors (Lipinski definition) is 3. The third kappa shape index (κ3) is 4.41. The maximum atomic E-state index is 4.23. The first-order chi connectivity index (χ1) is 10.1. The first-order valence-corrected chi connectivity index (χ1v) is 7.48. The molecule has 0 saturated carbocycles. The van der Waals surface area contributed by atoms with Gasteiger partial charge in [-0.15, -0.1) is 0 Å². The summed E-state index contributed by atoms with van der Waals surface area (Å²) >= 11 is 0. The second-order valence-electron chi connectivity index (χ2n) is 5.87. The highest BCUT2D eigenvalue weighted by Crippen LogP contribution is 2.22. The van der Waals surface area contributed by atoms with E-state index in [1.807, 2.05) is 25.0 Å². The maximum Gasteiger partial charge on any atom is 0.0534 e. The molecular weight excluding hydrogens is 260 g/mol. The monoisotopic (exact) mass is 286 g/mol. The second kappa shape index (κ2) is 7.38. The van der Waals surface area contributed by atoms with E-state index in [0.29, 0.717) is 12.0 Å². The Bertz CT molecular complexity index is 535. The summed E-state index contributed by atoms with van der Waals surface area (Å²) in [6, 6.07) is 11.0. The van der Waals surface area contributed by atoms with Crippen LogP contribution in [-0.2, 0) is 13.6 Å². The molecule has 4 heteroatoms. The van der Waals surface area contributed by atoms with Gasteiger partial charge in [0.25, 0.3) is 0 Å². The summed E-state index contributed by atoms with van der Waals surface area (Å²) < 4.78 is 1.85. The zero-order valence-electron chi connectivity index (χ0n) is 13.5. The lowest BCUT2D eigenvalue weighted by molar-refractivity contribution is 0.245. The van der Waals surface area contributed by atoms with Crippen LogP contribution in [0, 0.1) is 5.92 Å². The van der Waals surface area contributed by atoms with Crippen LogP contribution in [-0.4, -0.2) is 35.3 Å². The molecule has 0 aliphatic heterocycles. The molecule has 0 fully saturated rings.